The van der Waals surface area contributed by atoms with Crippen molar-refractivity contribution in [2.75, 3.05) is 17.8 Å². The van der Waals surface area contributed by atoms with E-state index in [2.05, 4.69) is 32.6 Å². The molecule has 2 rings (SSSR count). The van der Waals surface area contributed by atoms with Gasteiger partial charge in [0, 0.05) is 15.8 Å². The summed E-state index contributed by atoms with van der Waals surface area (Å²) in [7, 11) is -3.27. The summed E-state index contributed by atoms with van der Waals surface area (Å²) in [4.78, 5) is 0. The quantitative estimate of drug-likeness (QED) is 0.802. The fourth-order valence-electron chi connectivity index (χ4n) is 1.88. The predicted octanol–water partition coefficient (Wildman–Crippen LogP) is 1.78. The molecule has 1 saturated heterocycles. The standard InChI is InChI=1S/C11H15IN2O2S/c12-9-3-1-4-10(7-9)14-17(15,16)11-5-2-6-13-8-11/h1,3-4,7,11,13-14H,2,5-6,8H2. The minimum absolute atomic E-state index is 0.325. The first-order valence-electron chi connectivity index (χ1n) is 5.56. The van der Waals surface area contributed by atoms with Gasteiger partial charge in [-0.05, 0) is 60.2 Å². The first-order chi connectivity index (χ1) is 8.08. The van der Waals surface area contributed by atoms with E-state index in [1.54, 1.807) is 6.07 Å². The van der Waals surface area contributed by atoms with E-state index < -0.39 is 10.0 Å². The van der Waals surface area contributed by atoms with Gasteiger partial charge in [-0.3, -0.25) is 4.72 Å². The first kappa shape index (κ1) is 13.1. The van der Waals surface area contributed by atoms with E-state index in [4.69, 9.17) is 0 Å². The van der Waals surface area contributed by atoms with Gasteiger partial charge >= 0.3 is 0 Å². The first-order valence-corrected chi connectivity index (χ1v) is 8.18. The lowest BCUT2D eigenvalue weighted by molar-refractivity contribution is 0.499. The maximum Gasteiger partial charge on any atom is 0.236 e. The second kappa shape index (κ2) is 5.53. The van der Waals surface area contributed by atoms with Gasteiger partial charge in [0.25, 0.3) is 0 Å². The molecule has 1 aliphatic rings. The van der Waals surface area contributed by atoms with E-state index >= 15 is 0 Å². The number of benzene rings is 1. The Kier molecular flexibility index (Phi) is 4.26. The fourth-order valence-corrected chi connectivity index (χ4v) is 3.86. The maximum absolute atomic E-state index is 12.1. The fraction of sp³-hybridized carbons (Fsp3) is 0.455. The molecule has 0 amide bonds. The SMILES string of the molecule is O=S(=O)(Nc1cccc(I)c1)C1CCCNC1. The number of hydrogen-bond donors (Lipinski definition) is 2. The van der Waals surface area contributed by atoms with E-state index in [0.29, 0.717) is 12.2 Å². The van der Waals surface area contributed by atoms with Crippen LogP contribution in [0.15, 0.2) is 24.3 Å². The molecule has 1 aromatic rings. The summed E-state index contributed by atoms with van der Waals surface area (Å²) in [6.45, 7) is 1.45. The van der Waals surface area contributed by atoms with Crippen molar-refractivity contribution in [3.8, 4) is 0 Å². The third-order valence-corrected chi connectivity index (χ3v) is 5.25. The van der Waals surface area contributed by atoms with Gasteiger partial charge in [-0.25, -0.2) is 8.42 Å². The van der Waals surface area contributed by atoms with Crippen LogP contribution < -0.4 is 10.0 Å². The Morgan fingerprint density at radius 1 is 1.41 bits per heavy atom. The molecule has 1 atom stereocenters. The molecule has 1 fully saturated rings. The van der Waals surface area contributed by atoms with Gasteiger partial charge in [0.05, 0.1) is 5.25 Å². The van der Waals surface area contributed by atoms with Crippen LogP contribution in [-0.2, 0) is 10.0 Å². The van der Waals surface area contributed by atoms with Crippen LogP contribution in [-0.4, -0.2) is 26.8 Å². The molecule has 2 N–H and O–H groups in total. The van der Waals surface area contributed by atoms with E-state index in [0.717, 1.165) is 23.0 Å². The number of anilines is 1. The van der Waals surface area contributed by atoms with Crippen LogP contribution >= 0.6 is 22.6 Å². The largest absolute Gasteiger partial charge is 0.315 e. The van der Waals surface area contributed by atoms with Crippen LogP contribution in [0, 0.1) is 3.57 Å². The van der Waals surface area contributed by atoms with E-state index in [1.165, 1.54) is 0 Å². The zero-order valence-corrected chi connectivity index (χ0v) is 12.3. The highest BCUT2D eigenvalue weighted by Crippen LogP contribution is 2.18. The molecular weight excluding hydrogens is 351 g/mol. The zero-order chi connectivity index (χ0) is 12.3. The lowest BCUT2D eigenvalue weighted by Crippen LogP contribution is -2.41. The molecule has 1 aliphatic heterocycles. The molecule has 0 aromatic heterocycles. The van der Waals surface area contributed by atoms with Crippen LogP contribution in [0.4, 0.5) is 5.69 Å². The van der Waals surface area contributed by atoms with Crippen LogP contribution in [0.1, 0.15) is 12.8 Å². The van der Waals surface area contributed by atoms with Gasteiger partial charge in [0.15, 0.2) is 0 Å². The Hall–Kier alpha value is -0.340. The summed E-state index contributed by atoms with van der Waals surface area (Å²) in [5.41, 5.74) is 0.641. The summed E-state index contributed by atoms with van der Waals surface area (Å²) in [5.74, 6) is 0. The van der Waals surface area contributed by atoms with Crippen molar-refractivity contribution in [3.63, 3.8) is 0 Å². The second-order valence-corrected chi connectivity index (χ2v) is 7.33. The number of hydrogen-bond acceptors (Lipinski definition) is 3. The zero-order valence-electron chi connectivity index (χ0n) is 9.32. The maximum atomic E-state index is 12.1. The molecule has 0 aliphatic carbocycles. The number of nitrogens with one attached hydrogen (secondary N) is 2. The van der Waals surface area contributed by atoms with Gasteiger partial charge in [-0.1, -0.05) is 6.07 Å². The molecule has 1 heterocycles. The molecule has 6 heteroatoms. The predicted molar refractivity (Wildman–Crippen MR) is 77.6 cm³/mol. The number of halogens is 1. The van der Waals surface area contributed by atoms with Crippen molar-refractivity contribution in [2.24, 2.45) is 0 Å². The lowest BCUT2D eigenvalue weighted by atomic mass is 10.2. The van der Waals surface area contributed by atoms with E-state index in [9.17, 15) is 8.42 Å². The Bertz CT molecular complexity index is 484. The van der Waals surface area contributed by atoms with Crippen LogP contribution in [0.2, 0.25) is 0 Å². The monoisotopic (exact) mass is 366 g/mol. The van der Waals surface area contributed by atoms with Gasteiger partial charge < -0.3 is 5.32 Å². The van der Waals surface area contributed by atoms with Crippen molar-refractivity contribution < 1.29 is 8.42 Å². The van der Waals surface area contributed by atoms with Crippen molar-refractivity contribution in [2.45, 2.75) is 18.1 Å². The normalized spacial score (nSPS) is 21.1. The smallest absolute Gasteiger partial charge is 0.236 e. The minimum atomic E-state index is -3.27. The highest BCUT2D eigenvalue weighted by atomic mass is 127. The van der Waals surface area contributed by atoms with Crippen LogP contribution in [0.5, 0.6) is 0 Å². The molecule has 0 saturated carbocycles. The molecule has 0 spiro atoms. The van der Waals surface area contributed by atoms with Gasteiger partial charge in [0.2, 0.25) is 10.0 Å². The van der Waals surface area contributed by atoms with Gasteiger partial charge in [-0.2, -0.15) is 0 Å². The molecule has 0 bridgehead atoms. The molecule has 1 unspecified atom stereocenters. The molecule has 94 valence electrons. The average molecular weight is 366 g/mol. The third kappa shape index (κ3) is 3.56. The molecule has 17 heavy (non-hydrogen) atoms. The Morgan fingerprint density at radius 3 is 2.88 bits per heavy atom. The highest BCUT2D eigenvalue weighted by molar-refractivity contribution is 14.1. The van der Waals surface area contributed by atoms with E-state index in [-0.39, 0.29) is 5.25 Å². The lowest BCUT2D eigenvalue weighted by Gasteiger charge is -2.23. The van der Waals surface area contributed by atoms with Crippen molar-refractivity contribution in [1.82, 2.24) is 5.32 Å². The summed E-state index contributed by atoms with van der Waals surface area (Å²) >= 11 is 2.16. The average Bonchev–Trinajstić information content (AvgIpc) is 2.29. The third-order valence-electron chi connectivity index (χ3n) is 2.78. The van der Waals surface area contributed by atoms with Gasteiger partial charge in [-0.15, -0.1) is 0 Å². The summed E-state index contributed by atoms with van der Waals surface area (Å²) < 4.78 is 27.9. The topological polar surface area (TPSA) is 58.2 Å². The molecule has 1 aromatic carbocycles. The van der Waals surface area contributed by atoms with Crippen molar-refractivity contribution >= 4 is 38.3 Å². The highest BCUT2D eigenvalue weighted by Gasteiger charge is 2.26. The summed E-state index contributed by atoms with van der Waals surface area (Å²) in [6.07, 6.45) is 1.64. The second-order valence-electron chi connectivity index (χ2n) is 4.13. The molecule has 0 radical (unpaired) electrons. The van der Waals surface area contributed by atoms with Crippen LogP contribution in [0.3, 0.4) is 0 Å². The van der Waals surface area contributed by atoms with Crippen LogP contribution in [0.25, 0.3) is 0 Å². The minimum Gasteiger partial charge on any atom is -0.315 e. The van der Waals surface area contributed by atoms with Gasteiger partial charge in [0.1, 0.15) is 0 Å². The number of sulfonamides is 1. The number of piperidine rings is 1. The Labute approximate surface area is 115 Å². The van der Waals surface area contributed by atoms with Crippen molar-refractivity contribution in [1.29, 1.82) is 0 Å². The van der Waals surface area contributed by atoms with Crippen molar-refractivity contribution in [3.05, 3.63) is 27.8 Å². The molecular formula is C11H15IN2O2S. The summed E-state index contributed by atoms with van der Waals surface area (Å²) in [6, 6.07) is 7.38. The Balaban J connectivity index is 2.11. The molecule has 4 nitrogen and oxygen atoms in total. The number of rotatable bonds is 3. The Morgan fingerprint density at radius 2 is 2.24 bits per heavy atom. The van der Waals surface area contributed by atoms with E-state index in [1.807, 2.05) is 18.2 Å². The summed E-state index contributed by atoms with van der Waals surface area (Å²) in [5, 5.41) is 2.79.